The van der Waals surface area contributed by atoms with Crippen molar-refractivity contribution in [2.45, 2.75) is 12.5 Å². The van der Waals surface area contributed by atoms with Crippen molar-refractivity contribution in [3.8, 4) is 0 Å². The highest BCUT2D eigenvalue weighted by atomic mass is 16.5. The summed E-state index contributed by atoms with van der Waals surface area (Å²) in [6.07, 6.45) is 2.52. The summed E-state index contributed by atoms with van der Waals surface area (Å²) in [4.78, 5) is 17.3. The topological polar surface area (TPSA) is 56.1 Å². The highest BCUT2D eigenvalue weighted by Crippen LogP contribution is 2.23. The molecule has 0 unspecified atom stereocenters. The second-order valence-electron chi connectivity index (χ2n) is 5.59. The van der Waals surface area contributed by atoms with Crippen LogP contribution in [0.15, 0.2) is 60.9 Å². The van der Waals surface area contributed by atoms with Crippen LogP contribution in [-0.4, -0.2) is 35.7 Å². The number of imidazole rings is 1. The Kier molecular flexibility index (Phi) is 5.23. The predicted octanol–water partition coefficient (Wildman–Crippen LogP) is 2.78. The van der Waals surface area contributed by atoms with Crippen LogP contribution >= 0.6 is 0 Å². The molecule has 0 fully saturated rings. The summed E-state index contributed by atoms with van der Waals surface area (Å²) in [5.41, 5.74) is 2.76. The molecule has 1 amide bonds. The smallest absolute Gasteiger partial charge is 0.247 e. The number of methoxy groups -OCH3 is 1. The Balaban J connectivity index is 1.92. The number of hydrogen-bond acceptors (Lipinski definition) is 3. The largest absolute Gasteiger partial charge is 0.385 e. The first-order valence-corrected chi connectivity index (χ1v) is 8.04. The van der Waals surface area contributed by atoms with Gasteiger partial charge in [-0.2, -0.15) is 0 Å². The molecule has 0 saturated heterocycles. The number of benzene rings is 2. The normalized spacial score (nSPS) is 12.2. The maximum absolute atomic E-state index is 12.8. The van der Waals surface area contributed by atoms with Crippen molar-refractivity contribution in [2.24, 2.45) is 0 Å². The third kappa shape index (κ3) is 3.46. The molecule has 3 rings (SSSR count). The Morgan fingerprint density at radius 1 is 1.17 bits per heavy atom. The molecule has 0 radical (unpaired) electrons. The third-order valence-corrected chi connectivity index (χ3v) is 3.95. The Bertz CT molecular complexity index is 798. The summed E-state index contributed by atoms with van der Waals surface area (Å²) in [6.45, 7) is 1.22. The molecule has 5 nitrogen and oxygen atoms in total. The molecule has 3 aromatic rings. The van der Waals surface area contributed by atoms with Gasteiger partial charge in [0.25, 0.3) is 0 Å². The van der Waals surface area contributed by atoms with E-state index >= 15 is 0 Å². The van der Waals surface area contributed by atoms with Crippen molar-refractivity contribution in [3.05, 3.63) is 66.5 Å². The zero-order chi connectivity index (χ0) is 16.8. The number of aromatic nitrogens is 2. The minimum Gasteiger partial charge on any atom is -0.385 e. The summed E-state index contributed by atoms with van der Waals surface area (Å²) < 4.78 is 6.96. The van der Waals surface area contributed by atoms with Crippen LogP contribution in [0.25, 0.3) is 11.0 Å². The SMILES string of the molecule is COCCCNC(=O)[C@H](c1ccccc1)n1cnc2ccccc21. The maximum Gasteiger partial charge on any atom is 0.247 e. The van der Waals surface area contributed by atoms with E-state index in [1.807, 2.05) is 59.2 Å². The van der Waals surface area contributed by atoms with E-state index in [1.54, 1.807) is 13.4 Å². The molecule has 0 spiro atoms. The van der Waals surface area contributed by atoms with E-state index < -0.39 is 6.04 Å². The number of amides is 1. The van der Waals surface area contributed by atoms with Crippen LogP contribution in [0.4, 0.5) is 0 Å². The van der Waals surface area contributed by atoms with Crippen LogP contribution < -0.4 is 5.32 Å². The van der Waals surface area contributed by atoms with Gasteiger partial charge in [-0.25, -0.2) is 4.98 Å². The van der Waals surface area contributed by atoms with Crippen LogP contribution in [0, 0.1) is 0 Å². The van der Waals surface area contributed by atoms with E-state index in [2.05, 4.69) is 10.3 Å². The Morgan fingerprint density at radius 2 is 1.92 bits per heavy atom. The molecule has 24 heavy (non-hydrogen) atoms. The fourth-order valence-electron chi connectivity index (χ4n) is 2.78. The van der Waals surface area contributed by atoms with E-state index in [-0.39, 0.29) is 5.91 Å². The molecular weight excluding hydrogens is 302 g/mol. The van der Waals surface area contributed by atoms with Crippen molar-refractivity contribution in [1.29, 1.82) is 0 Å². The van der Waals surface area contributed by atoms with Gasteiger partial charge < -0.3 is 14.6 Å². The average molecular weight is 323 g/mol. The van der Waals surface area contributed by atoms with Gasteiger partial charge in [-0.1, -0.05) is 42.5 Å². The van der Waals surface area contributed by atoms with Gasteiger partial charge in [0.15, 0.2) is 0 Å². The standard InChI is InChI=1S/C19H21N3O2/c1-24-13-7-12-20-19(23)18(15-8-3-2-4-9-15)22-14-21-16-10-5-6-11-17(16)22/h2-6,8-11,14,18H,7,12-13H2,1H3,(H,20,23)/t18-/m0/s1. The zero-order valence-corrected chi connectivity index (χ0v) is 13.7. The number of nitrogens with one attached hydrogen (secondary N) is 1. The van der Waals surface area contributed by atoms with E-state index in [1.165, 1.54) is 0 Å². The number of nitrogens with zero attached hydrogens (tertiary/aromatic N) is 2. The predicted molar refractivity (Wildman–Crippen MR) is 93.8 cm³/mol. The molecule has 0 saturated carbocycles. The molecule has 1 N–H and O–H groups in total. The average Bonchev–Trinajstić information content (AvgIpc) is 3.04. The minimum absolute atomic E-state index is 0.0412. The Hall–Kier alpha value is -2.66. The lowest BCUT2D eigenvalue weighted by atomic mass is 10.1. The molecule has 1 aromatic heterocycles. The molecule has 0 bridgehead atoms. The Morgan fingerprint density at radius 3 is 2.71 bits per heavy atom. The summed E-state index contributed by atoms with van der Waals surface area (Å²) in [7, 11) is 1.66. The minimum atomic E-state index is -0.443. The number of carbonyl (C=O) groups is 1. The second-order valence-corrected chi connectivity index (χ2v) is 5.59. The lowest BCUT2D eigenvalue weighted by Crippen LogP contribution is -2.34. The molecule has 1 heterocycles. The number of fused-ring (bicyclic) bond motifs is 1. The van der Waals surface area contributed by atoms with Gasteiger partial charge in [-0.15, -0.1) is 0 Å². The van der Waals surface area contributed by atoms with Crippen molar-refractivity contribution in [3.63, 3.8) is 0 Å². The number of ether oxygens (including phenoxy) is 1. The van der Waals surface area contributed by atoms with Crippen molar-refractivity contribution >= 4 is 16.9 Å². The maximum atomic E-state index is 12.8. The van der Waals surface area contributed by atoms with E-state index in [0.29, 0.717) is 13.2 Å². The van der Waals surface area contributed by atoms with E-state index in [9.17, 15) is 4.79 Å². The highest BCUT2D eigenvalue weighted by molar-refractivity contribution is 5.86. The highest BCUT2D eigenvalue weighted by Gasteiger charge is 2.23. The lowest BCUT2D eigenvalue weighted by molar-refractivity contribution is -0.123. The van der Waals surface area contributed by atoms with Gasteiger partial charge in [-0.3, -0.25) is 4.79 Å². The van der Waals surface area contributed by atoms with E-state index in [4.69, 9.17) is 4.74 Å². The fourth-order valence-corrected chi connectivity index (χ4v) is 2.78. The molecule has 2 aromatic carbocycles. The molecular formula is C19H21N3O2. The van der Waals surface area contributed by atoms with Crippen LogP contribution in [0.3, 0.4) is 0 Å². The molecule has 124 valence electrons. The van der Waals surface area contributed by atoms with Crippen LogP contribution in [0.2, 0.25) is 0 Å². The molecule has 0 aliphatic rings. The first-order chi connectivity index (χ1) is 11.8. The Labute approximate surface area is 141 Å². The number of para-hydroxylation sites is 2. The van der Waals surface area contributed by atoms with Gasteiger partial charge in [0.2, 0.25) is 5.91 Å². The second kappa shape index (κ2) is 7.75. The van der Waals surface area contributed by atoms with Gasteiger partial charge in [-0.05, 0) is 24.1 Å². The van der Waals surface area contributed by atoms with Gasteiger partial charge in [0.05, 0.1) is 17.4 Å². The summed E-state index contributed by atoms with van der Waals surface area (Å²) >= 11 is 0. The van der Waals surface area contributed by atoms with Crippen LogP contribution in [0.5, 0.6) is 0 Å². The molecule has 5 heteroatoms. The molecule has 1 atom stereocenters. The summed E-state index contributed by atoms with van der Waals surface area (Å²) in [5.74, 6) is -0.0412. The van der Waals surface area contributed by atoms with Crippen LogP contribution in [0.1, 0.15) is 18.0 Å². The lowest BCUT2D eigenvalue weighted by Gasteiger charge is -2.19. The summed E-state index contributed by atoms with van der Waals surface area (Å²) in [5, 5.41) is 3.00. The fraction of sp³-hybridized carbons (Fsp3) is 0.263. The first-order valence-electron chi connectivity index (χ1n) is 8.04. The monoisotopic (exact) mass is 323 g/mol. The molecule has 0 aliphatic heterocycles. The number of carbonyl (C=O) groups excluding carboxylic acids is 1. The zero-order valence-electron chi connectivity index (χ0n) is 13.7. The summed E-state index contributed by atoms with van der Waals surface area (Å²) in [6, 6.07) is 17.2. The quantitative estimate of drug-likeness (QED) is 0.680. The van der Waals surface area contributed by atoms with Crippen molar-refractivity contribution in [2.75, 3.05) is 20.3 Å². The van der Waals surface area contributed by atoms with Crippen molar-refractivity contribution < 1.29 is 9.53 Å². The number of hydrogen-bond donors (Lipinski definition) is 1. The number of rotatable bonds is 7. The van der Waals surface area contributed by atoms with Crippen LogP contribution in [-0.2, 0) is 9.53 Å². The van der Waals surface area contributed by atoms with Gasteiger partial charge >= 0.3 is 0 Å². The first kappa shape index (κ1) is 16.2. The van der Waals surface area contributed by atoms with Gasteiger partial charge in [0.1, 0.15) is 6.04 Å². The molecule has 0 aliphatic carbocycles. The van der Waals surface area contributed by atoms with Crippen molar-refractivity contribution in [1.82, 2.24) is 14.9 Å². The van der Waals surface area contributed by atoms with Gasteiger partial charge in [0, 0.05) is 20.3 Å². The van der Waals surface area contributed by atoms with E-state index in [0.717, 1.165) is 23.0 Å². The third-order valence-electron chi connectivity index (χ3n) is 3.95.